The van der Waals surface area contributed by atoms with Crippen molar-refractivity contribution in [3.8, 4) is 0 Å². The van der Waals surface area contributed by atoms with Crippen LogP contribution in [0.15, 0.2) is 0 Å². The topological polar surface area (TPSA) is 55.1 Å². The van der Waals surface area contributed by atoms with Gasteiger partial charge in [0, 0.05) is 6.04 Å². The average molecular weight is 240 g/mol. The molecular formula is C12H20N2OS. The Labute approximate surface area is 102 Å². The number of hydrogen-bond acceptors (Lipinski definition) is 2. The van der Waals surface area contributed by atoms with E-state index in [0.29, 0.717) is 11.0 Å². The van der Waals surface area contributed by atoms with Gasteiger partial charge >= 0.3 is 0 Å². The molecule has 90 valence electrons. The van der Waals surface area contributed by atoms with Gasteiger partial charge in [0.1, 0.15) is 0 Å². The Hall–Kier alpha value is -0.640. The molecule has 3 nitrogen and oxygen atoms in total. The second-order valence-corrected chi connectivity index (χ2v) is 5.55. The fraction of sp³-hybridized carbons (Fsp3) is 0.833. The van der Waals surface area contributed by atoms with Crippen LogP contribution in [-0.4, -0.2) is 16.9 Å². The number of amides is 1. The first kappa shape index (κ1) is 11.8. The zero-order valence-electron chi connectivity index (χ0n) is 9.63. The van der Waals surface area contributed by atoms with Gasteiger partial charge < -0.3 is 11.1 Å². The summed E-state index contributed by atoms with van der Waals surface area (Å²) in [6, 6.07) is 0.349. The van der Waals surface area contributed by atoms with E-state index in [9.17, 15) is 4.79 Å². The van der Waals surface area contributed by atoms with E-state index in [1.165, 1.54) is 25.7 Å². The number of carbonyl (C=O) groups excluding carboxylic acids is 1. The van der Waals surface area contributed by atoms with Crippen LogP contribution in [0.3, 0.4) is 0 Å². The highest BCUT2D eigenvalue weighted by Crippen LogP contribution is 2.46. The van der Waals surface area contributed by atoms with Crippen LogP contribution >= 0.6 is 12.2 Å². The molecule has 0 aliphatic heterocycles. The molecule has 0 aromatic heterocycles. The molecule has 0 radical (unpaired) electrons. The molecule has 2 aliphatic carbocycles. The van der Waals surface area contributed by atoms with Crippen molar-refractivity contribution in [3.05, 3.63) is 0 Å². The Morgan fingerprint density at radius 3 is 2.19 bits per heavy atom. The van der Waals surface area contributed by atoms with Gasteiger partial charge in [0.05, 0.1) is 10.4 Å². The quantitative estimate of drug-likeness (QED) is 0.585. The largest absolute Gasteiger partial charge is 0.392 e. The van der Waals surface area contributed by atoms with E-state index in [-0.39, 0.29) is 5.91 Å². The molecule has 16 heavy (non-hydrogen) atoms. The number of rotatable bonds is 3. The second-order valence-electron chi connectivity index (χ2n) is 5.11. The van der Waals surface area contributed by atoms with Crippen molar-refractivity contribution in [2.24, 2.45) is 11.1 Å². The van der Waals surface area contributed by atoms with Gasteiger partial charge in [-0.3, -0.25) is 4.79 Å². The summed E-state index contributed by atoms with van der Waals surface area (Å²) in [4.78, 5) is 12.4. The fourth-order valence-corrected chi connectivity index (χ4v) is 2.75. The summed E-state index contributed by atoms with van der Waals surface area (Å²) in [5.74, 6) is 0.0758. The van der Waals surface area contributed by atoms with Gasteiger partial charge in [-0.05, 0) is 25.7 Å². The van der Waals surface area contributed by atoms with Crippen molar-refractivity contribution in [1.82, 2.24) is 5.32 Å². The third-order valence-electron chi connectivity index (χ3n) is 3.85. The maximum absolute atomic E-state index is 12.1. The third-order valence-corrected chi connectivity index (χ3v) is 4.24. The molecule has 0 aromatic rings. The molecule has 0 unspecified atom stereocenters. The molecule has 4 heteroatoms. The van der Waals surface area contributed by atoms with E-state index in [1.807, 2.05) is 0 Å². The summed E-state index contributed by atoms with van der Waals surface area (Å²) >= 11 is 4.98. The number of hydrogen-bond donors (Lipinski definition) is 2. The van der Waals surface area contributed by atoms with Gasteiger partial charge in [0.15, 0.2) is 0 Å². The Morgan fingerprint density at radius 2 is 1.75 bits per heavy atom. The summed E-state index contributed by atoms with van der Waals surface area (Å²) in [6.07, 6.45) is 8.94. The van der Waals surface area contributed by atoms with Gasteiger partial charge in [0.25, 0.3) is 0 Å². The zero-order chi connectivity index (χ0) is 11.6. The normalized spacial score (nSPS) is 24.5. The van der Waals surface area contributed by atoms with Crippen LogP contribution in [0.25, 0.3) is 0 Å². The second kappa shape index (κ2) is 4.70. The molecule has 2 rings (SSSR count). The third kappa shape index (κ3) is 2.37. The maximum atomic E-state index is 12.1. The standard InChI is InChI=1S/C12H20N2OS/c13-10(16)12(7-8-12)11(15)14-9-5-3-1-2-4-6-9/h9H,1-8H2,(H2,13,16)(H,14,15). The first-order valence-electron chi connectivity index (χ1n) is 6.26. The first-order valence-corrected chi connectivity index (χ1v) is 6.67. The Bertz CT molecular complexity index is 291. The van der Waals surface area contributed by atoms with Crippen molar-refractivity contribution in [2.45, 2.75) is 57.4 Å². The highest BCUT2D eigenvalue weighted by molar-refractivity contribution is 7.80. The van der Waals surface area contributed by atoms with Crippen LogP contribution in [0.5, 0.6) is 0 Å². The molecule has 2 saturated carbocycles. The predicted octanol–water partition coefficient (Wildman–Crippen LogP) is 1.89. The van der Waals surface area contributed by atoms with Gasteiger partial charge in [-0.25, -0.2) is 0 Å². The van der Waals surface area contributed by atoms with Gasteiger partial charge in [-0.1, -0.05) is 37.9 Å². The zero-order valence-corrected chi connectivity index (χ0v) is 10.4. The summed E-state index contributed by atoms with van der Waals surface area (Å²) < 4.78 is 0. The lowest BCUT2D eigenvalue weighted by Gasteiger charge is -2.20. The molecule has 0 spiro atoms. The van der Waals surface area contributed by atoms with Crippen LogP contribution in [0.2, 0.25) is 0 Å². The molecule has 0 aromatic carbocycles. The average Bonchev–Trinajstić information content (AvgIpc) is 3.03. The van der Waals surface area contributed by atoms with Gasteiger partial charge in [-0.15, -0.1) is 0 Å². The summed E-state index contributed by atoms with van der Waals surface area (Å²) in [5.41, 5.74) is 5.16. The molecule has 3 N–H and O–H groups in total. The van der Waals surface area contributed by atoms with E-state index in [4.69, 9.17) is 18.0 Å². The minimum absolute atomic E-state index is 0.0758. The Kier molecular flexibility index (Phi) is 3.47. The SMILES string of the molecule is NC(=S)C1(C(=O)NC2CCCCCC2)CC1. The molecule has 0 bridgehead atoms. The van der Waals surface area contributed by atoms with Crippen LogP contribution in [0, 0.1) is 5.41 Å². The van der Waals surface area contributed by atoms with Crippen LogP contribution in [0.4, 0.5) is 0 Å². The minimum Gasteiger partial charge on any atom is -0.392 e. The summed E-state index contributed by atoms with van der Waals surface area (Å²) in [6.45, 7) is 0. The Balaban J connectivity index is 1.89. The summed E-state index contributed by atoms with van der Waals surface area (Å²) in [5, 5.41) is 3.14. The first-order chi connectivity index (χ1) is 7.65. The molecule has 0 saturated heterocycles. The minimum atomic E-state index is -0.484. The molecule has 2 aliphatic rings. The van der Waals surface area contributed by atoms with Crippen molar-refractivity contribution in [3.63, 3.8) is 0 Å². The van der Waals surface area contributed by atoms with Crippen molar-refractivity contribution < 1.29 is 4.79 Å². The van der Waals surface area contributed by atoms with Crippen molar-refractivity contribution in [1.29, 1.82) is 0 Å². The monoisotopic (exact) mass is 240 g/mol. The van der Waals surface area contributed by atoms with Crippen LogP contribution < -0.4 is 11.1 Å². The van der Waals surface area contributed by atoms with E-state index in [2.05, 4.69) is 5.32 Å². The highest BCUT2D eigenvalue weighted by atomic mass is 32.1. The predicted molar refractivity (Wildman–Crippen MR) is 68.1 cm³/mol. The van der Waals surface area contributed by atoms with E-state index >= 15 is 0 Å². The number of carbonyl (C=O) groups is 1. The van der Waals surface area contributed by atoms with Gasteiger partial charge in [-0.2, -0.15) is 0 Å². The van der Waals surface area contributed by atoms with Crippen LogP contribution in [0.1, 0.15) is 51.4 Å². The lowest BCUT2D eigenvalue weighted by atomic mass is 10.0. The molecule has 0 atom stereocenters. The molecular weight excluding hydrogens is 220 g/mol. The number of nitrogens with two attached hydrogens (primary N) is 1. The fourth-order valence-electron chi connectivity index (χ4n) is 2.46. The molecule has 2 fully saturated rings. The van der Waals surface area contributed by atoms with E-state index < -0.39 is 5.41 Å². The molecule has 0 heterocycles. The van der Waals surface area contributed by atoms with Crippen LogP contribution in [-0.2, 0) is 4.79 Å². The summed E-state index contributed by atoms with van der Waals surface area (Å²) in [7, 11) is 0. The highest BCUT2D eigenvalue weighted by Gasteiger charge is 2.52. The van der Waals surface area contributed by atoms with E-state index in [1.54, 1.807) is 0 Å². The lowest BCUT2D eigenvalue weighted by Crippen LogP contribution is -2.44. The van der Waals surface area contributed by atoms with Crippen molar-refractivity contribution >= 4 is 23.1 Å². The number of nitrogens with one attached hydrogen (secondary N) is 1. The van der Waals surface area contributed by atoms with Gasteiger partial charge in [0.2, 0.25) is 5.91 Å². The number of thiocarbonyl (C=S) groups is 1. The smallest absolute Gasteiger partial charge is 0.233 e. The maximum Gasteiger partial charge on any atom is 0.233 e. The molecule has 1 amide bonds. The Morgan fingerprint density at radius 1 is 1.19 bits per heavy atom. The van der Waals surface area contributed by atoms with Crippen molar-refractivity contribution in [2.75, 3.05) is 0 Å². The van der Waals surface area contributed by atoms with E-state index in [0.717, 1.165) is 25.7 Å². The lowest BCUT2D eigenvalue weighted by molar-refractivity contribution is -0.124.